The van der Waals surface area contributed by atoms with Crippen LogP contribution in [0.5, 0.6) is 5.75 Å². The van der Waals surface area contributed by atoms with Crippen molar-refractivity contribution >= 4 is 42.1 Å². The first-order valence-corrected chi connectivity index (χ1v) is 19.1. The third kappa shape index (κ3) is 34.4. The first-order chi connectivity index (χ1) is 15.3. The standard InChI is InChI=1S/C24H41IO.6FH.Sb/c1-2-3-4-5-6-7-8-9-10-11-12-13-14-15-16-17-22-26-24-20-18-23(25)19-21-24;;;;;;;/h18-21H,2-17,22H2,1H3;6*1H;/q;;;;;;;+5/p-6. The summed E-state index contributed by atoms with van der Waals surface area (Å²) in [5.41, 5.74) is 0. The first-order valence-electron chi connectivity index (χ1n) is 12.2. The fourth-order valence-corrected chi connectivity index (χ4v) is 3.73. The maximum absolute atomic E-state index is 11.2. The summed E-state index contributed by atoms with van der Waals surface area (Å²) in [5.74, 6) is 1.01. The van der Waals surface area contributed by atoms with Gasteiger partial charge in [0, 0.05) is 3.57 Å². The zero-order chi connectivity index (χ0) is 25.1. The third-order valence-corrected chi connectivity index (χ3v) is 5.80. The molecule has 0 amide bonds. The molecule has 0 heterocycles. The molecule has 1 aromatic rings. The van der Waals surface area contributed by atoms with Crippen LogP contribution in [0.3, 0.4) is 0 Å². The van der Waals surface area contributed by atoms with Crippen LogP contribution in [0, 0.1) is 3.57 Å². The van der Waals surface area contributed by atoms with Crippen molar-refractivity contribution in [2.75, 3.05) is 6.61 Å². The zero-order valence-corrected chi connectivity index (χ0v) is 24.5. The molecule has 0 atom stereocenters. The van der Waals surface area contributed by atoms with Crippen LogP contribution in [0.1, 0.15) is 110 Å². The number of halogens is 7. The van der Waals surface area contributed by atoms with Gasteiger partial charge in [-0.05, 0) is 53.3 Å². The summed E-state index contributed by atoms with van der Waals surface area (Å²) in [7, 11) is 0. The van der Waals surface area contributed by atoms with Crippen molar-refractivity contribution in [3.05, 3.63) is 27.8 Å². The second-order valence-electron chi connectivity index (χ2n) is 8.56. The van der Waals surface area contributed by atoms with E-state index in [1.54, 1.807) is 0 Å². The molecule has 0 radical (unpaired) electrons. The van der Waals surface area contributed by atoms with Gasteiger partial charge in [-0.1, -0.05) is 103 Å². The molecule has 0 bridgehead atoms. The molecule has 198 valence electrons. The molecule has 0 unspecified atom stereocenters. The SMILES string of the molecule is CCCCCCCCCCCCCCCCCCOc1ccc(I)cc1.[F][Sb-]([F])([F])([F])([F])[F]. The van der Waals surface area contributed by atoms with Gasteiger partial charge in [0.05, 0.1) is 6.61 Å². The average molecular weight is 708 g/mol. The van der Waals surface area contributed by atoms with Crippen molar-refractivity contribution < 1.29 is 21.6 Å². The molecule has 1 rings (SSSR count). The predicted octanol–water partition coefficient (Wildman–Crippen LogP) is 11.1. The number of unbranched alkanes of at least 4 members (excludes halogenated alkanes) is 15. The van der Waals surface area contributed by atoms with Crippen LogP contribution in [-0.4, -0.2) is 26.1 Å². The summed E-state index contributed by atoms with van der Waals surface area (Å²) < 4.78 is 66.6. The fourth-order valence-electron chi connectivity index (χ4n) is 3.37. The van der Waals surface area contributed by atoms with E-state index in [4.69, 9.17) is 4.74 Å². The molecule has 0 aliphatic heterocycles. The van der Waals surface area contributed by atoms with Gasteiger partial charge in [-0.3, -0.25) is 0 Å². The van der Waals surface area contributed by atoms with Gasteiger partial charge in [-0.25, -0.2) is 0 Å². The molecule has 0 aromatic heterocycles. The van der Waals surface area contributed by atoms with E-state index in [1.165, 1.54) is 106 Å². The number of benzene rings is 1. The Morgan fingerprint density at radius 3 is 1.21 bits per heavy atom. The Bertz CT molecular complexity index is 581. The summed E-state index contributed by atoms with van der Waals surface area (Å²) in [6.45, 7) is 3.15. The van der Waals surface area contributed by atoms with Crippen LogP contribution in [0.2, 0.25) is 0 Å². The second kappa shape index (κ2) is 16.8. The van der Waals surface area contributed by atoms with Crippen LogP contribution in [0.25, 0.3) is 0 Å². The summed E-state index contributed by atoms with van der Waals surface area (Å²) in [5, 5.41) is 0. The van der Waals surface area contributed by atoms with E-state index in [-0.39, 0.29) is 0 Å². The molecule has 9 heteroatoms. The Balaban J connectivity index is 0.00000126. The van der Waals surface area contributed by atoms with E-state index in [9.17, 15) is 16.9 Å². The minimum atomic E-state index is -11.2. The van der Waals surface area contributed by atoms with Crippen LogP contribution in [0.4, 0.5) is 16.9 Å². The Hall–Kier alpha value is 0.148. The van der Waals surface area contributed by atoms with Crippen molar-refractivity contribution in [2.24, 2.45) is 0 Å². The first kappa shape index (κ1) is 33.1. The zero-order valence-electron chi connectivity index (χ0n) is 19.8. The molecule has 0 N–H and O–H groups in total. The Labute approximate surface area is 212 Å². The van der Waals surface area contributed by atoms with Gasteiger partial charge in [0.2, 0.25) is 0 Å². The van der Waals surface area contributed by atoms with E-state index in [0.29, 0.717) is 0 Å². The van der Waals surface area contributed by atoms with Gasteiger partial charge in [-0.2, -0.15) is 0 Å². The van der Waals surface area contributed by atoms with Crippen molar-refractivity contribution in [1.82, 2.24) is 0 Å². The van der Waals surface area contributed by atoms with Gasteiger partial charge < -0.3 is 4.74 Å². The molecule has 0 saturated heterocycles. The monoisotopic (exact) mass is 707 g/mol. The van der Waals surface area contributed by atoms with E-state index in [1.807, 2.05) is 0 Å². The van der Waals surface area contributed by atoms with Crippen molar-refractivity contribution in [1.29, 1.82) is 0 Å². The summed E-state index contributed by atoms with van der Waals surface area (Å²) in [6, 6.07) is 8.33. The summed E-state index contributed by atoms with van der Waals surface area (Å²) in [4.78, 5) is 0. The summed E-state index contributed by atoms with van der Waals surface area (Å²) in [6.07, 6.45) is 22.6. The van der Waals surface area contributed by atoms with Crippen molar-refractivity contribution in [3.8, 4) is 5.75 Å². The maximum atomic E-state index is 9.93. The van der Waals surface area contributed by atoms with E-state index >= 15 is 0 Å². The van der Waals surface area contributed by atoms with Crippen molar-refractivity contribution in [2.45, 2.75) is 110 Å². The molecule has 1 aromatic carbocycles. The average Bonchev–Trinajstić information content (AvgIpc) is 2.69. The minimum absolute atomic E-state index is 0.860. The van der Waals surface area contributed by atoms with Gasteiger partial charge in [0.1, 0.15) is 5.75 Å². The molecular formula is C24H41F6IOSb-. The van der Waals surface area contributed by atoms with E-state index < -0.39 is 19.5 Å². The van der Waals surface area contributed by atoms with Crippen LogP contribution in [-0.2, 0) is 0 Å². The number of hydrogen-bond donors (Lipinski definition) is 0. The second-order valence-corrected chi connectivity index (χ2v) is 15.3. The molecule has 0 saturated carbocycles. The molecular weight excluding hydrogens is 667 g/mol. The number of ether oxygens (including phenoxy) is 1. The van der Waals surface area contributed by atoms with Gasteiger partial charge in [-0.15, -0.1) is 0 Å². The Morgan fingerprint density at radius 2 is 0.879 bits per heavy atom. The third-order valence-electron chi connectivity index (χ3n) is 5.08. The Kier molecular flexibility index (Phi) is 16.8. The summed E-state index contributed by atoms with van der Waals surface area (Å²) >= 11 is -8.93. The Morgan fingerprint density at radius 1 is 0.576 bits per heavy atom. The molecule has 1 nitrogen and oxygen atoms in total. The molecule has 0 aliphatic carbocycles. The molecule has 0 spiro atoms. The van der Waals surface area contributed by atoms with Gasteiger partial charge in [0.25, 0.3) is 0 Å². The fraction of sp³-hybridized carbons (Fsp3) is 0.750. The van der Waals surface area contributed by atoms with Gasteiger partial charge >= 0.3 is 36.4 Å². The quantitative estimate of drug-likeness (QED) is 0.0639. The number of rotatable bonds is 18. The normalized spacial score (nSPS) is 13.6. The van der Waals surface area contributed by atoms with Crippen LogP contribution >= 0.6 is 22.6 Å². The van der Waals surface area contributed by atoms with Crippen LogP contribution in [0.15, 0.2) is 24.3 Å². The van der Waals surface area contributed by atoms with E-state index in [2.05, 4.69) is 53.8 Å². The topological polar surface area (TPSA) is 9.23 Å². The molecule has 0 aliphatic rings. The molecule has 33 heavy (non-hydrogen) atoms. The molecule has 0 fully saturated rings. The predicted molar refractivity (Wildman–Crippen MR) is 137 cm³/mol. The van der Waals surface area contributed by atoms with Gasteiger partial charge in [0.15, 0.2) is 0 Å². The van der Waals surface area contributed by atoms with Crippen LogP contribution < -0.4 is 4.74 Å². The van der Waals surface area contributed by atoms with E-state index in [0.717, 1.165) is 12.4 Å². The number of hydrogen-bond acceptors (Lipinski definition) is 1. The van der Waals surface area contributed by atoms with Crippen molar-refractivity contribution in [3.63, 3.8) is 0 Å².